The summed E-state index contributed by atoms with van der Waals surface area (Å²) in [6.07, 6.45) is 1.18. The number of aromatic amines is 1. The summed E-state index contributed by atoms with van der Waals surface area (Å²) in [7, 11) is 0. The van der Waals surface area contributed by atoms with E-state index >= 15 is 0 Å². The highest BCUT2D eigenvalue weighted by Crippen LogP contribution is 2.42. The minimum Gasteiger partial charge on any atom is -0.321 e. The highest BCUT2D eigenvalue weighted by Gasteiger charge is 2.29. The molecule has 1 saturated heterocycles. The molecule has 0 aromatic carbocycles. The fourth-order valence-electron chi connectivity index (χ4n) is 1.78. The average molecular weight is 258 g/mol. The Hall–Kier alpha value is -0.200. The number of aromatic nitrogens is 3. The summed E-state index contributed by atoms with van der Waals surface area (Å²) in [4.78, 5) is 4.51. The maximum Gasteiger partial charge on any atom is 0.167 e. The quantitative estimate of drug-likeness (QED) is 0.869. The van der Waals surface area contributed by atoms with Crippen molar-refractivity contribution in [3.05, 3.63) is 11.6 Å². The van der Waals surface area contributed by atoms with Gasteiger partial charge in [-0.05, 0) is 13.3 Å². The van der Waals surface area contributed by atoms with Crippen molar-refractivity contribution in [2.45, 2.75) is 36.8 Å². The van der Waals surface area contributed by atoms with E-state index in [0.717, 1.165) is 11.6 Å². The number of nitrogens with zero attached hydrogens (tertiary/aromatic N) is 2. The van der Waals surface area contributed by atoms with Crippen LogP contribution < -0.4 is 5.73 Å². The van der Waals surface area contributed by atoms with E-state index in [1.165, 1.54) is 17.9 Å². The number of rotatable bonds is 3. The molecule has 3 N–H and O–H groups in total. The van der Waals surface area contributed by atoms with Crippen LogP contribution in [0.2, 0.25) is 0 Å². The summed E-state index contributed by atoms with van der Waals surface area (Å²) in [6, 6.07) is -0.0914. The van der Waals surface area contributed by atoms with Gasteiger partial charge in [-0.1, -0.05) is 6.92 Å². The van der Waals surface area contributed by atoms with Gasteiger partial charge in [0.1, 0.15) is 5.82 Å². The van der Waals surface area contributed by atoms with Crippen molar-refractivity contribution >= 4 is 23.5 Å². The van der Waals surface area contributed by atoms with E-state index in [-0.39, 0.29) is 6.04 Å². The highest BCUT2D eigenvalue weighted by molar-refractivity contribution is 8.06. The number of hydrogen-bond donors (Lipinski definition) is 2. The maximum absolute atomic E-state index is 5.77. The third-order valence-electron chi connectivity index (χ3n) is 2.65. The number of nitrogens with two attached hydrogens (primary N) is 1. The Kier molecular flexibility index (Phi) is 4.16. The van der Waals surface area contributed by atoms with Gasteiger partial charge in [0.05, 0.1) is 11.3 Å². The first-order valence-corrected chi connectivity index (χ1v) is 7.73. The third-order valence-corrected chi connectivity index (χ3v) is 5.90. The van der Waals surface area contributed by atoms with Crippen LogP contribution >= 0.6 is 23.5 Å². The van der Waals surface area contributed by atoms with Crippen LogP contribution in [0.4, 0.5) is 0 Å². The van der Waals surface area contributed by atoms with Crippen LogP contribution in [-0.2, 0) is 0 Å². The van der Waals surface area contributed by atoms with E-state index in [9.17, 15) is 0 Å². The average Bonchev–Trinajstić information content (AvgIpc) is 2.78. The van der Waals surface area contributed by atoms with Crippen LogP contribution in [0.1, 0.15) is 43.2 Å². The van der Waals surface area contributed by atoms with Gasteiger partial charge in [0, 0.05) is 16.8 Å². The predicted molar refractivity (Wildman–Crippen MR) is 70.7 cm³/mol. The van der Waals surface area contributed by atoms with E-state index in [2.05, 4.69) is 22.1 Å². The first kappa shape index (κ1) is 12.3. The first-order valence-electron chi connectivity index (χ1n) is 5.63. The molecule has 1 fully saturated rings. The number of thioether (sulfide) groups is 2. The van der Waals surface area contributed by atoms with Crippen molar-refractivity contribution in [1.82, 2.24) is 15.2 Å². The van der Waals surface area contributed by atoms with Crippen LogP contribution in [0.25, 0.3) is 0 Å². The second-order valence-electron chi connectivity index (χ2n) is 3.98. The molecule has 90 valence electrons. The molecule has 0 radical (unpaired) electrons. The second kappa shape index (κ2) is 5.42. The van der Waals surface area contributed by atoms with Crippen LogP contribution in [0, 0.1) is 0 Å². The van der Waals surface area contributed by atoms with Crippen molar-refractivity contribution < 1.29 is 0 Å². The topological polar surface area (TPSA) is 67.6 Å². The monoisotopic (exact) mass is 258 g/mol. The summed E-state index contributed by atoms with van der Waals surface area (Å²) in [6.45, 7) is 4.15. The molecule has 0 bridgehead atoms. The Morgan fingerprint density at radius 1 is 1.50 bits per heavy atom. The van der Waals surface area contributed by atoms with Crippen LogP contribution in [0.15, 0.2) is 0 Å². The molecule has 0 spiro atoms. The van der Waals surface area contributed by atoms with Gasteiger partial charge < -0.3 is 5.73 Å². The lowest BCUT2D eigenvalue weighted by molar-refractivity contribution is 0.738. The molecule has 1 aromatic heterocycles. The molecule has 2 heterocycles. The van der Waals surface area contributed by atoms with Gasteiger partial charge in [-0.15, -0.1) is 11.8 Å². The number of H-pyrrole nitrogens is 1. The maximum atomic E-state index is 5.77. The number of hydrogen-bond acceptors (Lipinski definition) is 5. The molecule has 0 amide bonds. The zero-order chi connectivity index (χ0) is 11.5. The molecular formula is C10H18N4S2. The Morgan fingerprint density at radius 3 is 2.88 bits per heavy atom. The van der Waals surface area contributed by atoms with E-state index in [1.807, 2.05) is 30.4 Å². The van der Waals surface area contributed by atoms with Gasteiger partial charge in [-0.2, -0.15) is 16.9 Å². The SMILES string of the molecule is CCC1SCCSC1c1nc(C(C)N)n[nH]1. The minimum atomic E-state index is -0.0914. The van der Waals surface area contributed by atoms with Crippen molar-refractivity contribution in [2.75, 3.05) is 11.5 Å². The fraction of sp³-hybridized carbons (Fsp3) is 0.800. The summed E-state index contributed by atoms with van der Waals surface area (Å²) in [5.74, 6) is 4.16. The fourth-order valence-corrected chi connectivity index (χ4v) is 4.78. The molecule has 6 heteroatoms. The lowest BCUT2D eigenvalue weighted by Gasteiger charge is -2.27. The molecule has 3 unspecified atom stereocenters. The molecule has 1 aliphatic rings. The Labute approximate surface area is 105 Å². The summed E-state index contributed by atoms with van der Waals surface area (Å²) in [5.41, 5.74) is 5.77. The Bertz CT molecular complexity index is 339. The molecule has 1 aliphatic heterocycles. The van der Waals surface area contributed by atoms with E-state index in [0.29, 0.717) is 10.5 Å². The standard InChI is InChI=1S/C10H18N4S2/c1-3-7-8(16-5-4-15-7)10-12-9(6(2)11)13-14-10/h6-8H,3-5,11H2,1-2H3,(H,12,13,14). The molecular weight excluding hydrogens is 240 g/mol. The van der Waals surface area contributed by atoms with Crippen LogP contribution in [-0.4, -0.2) is 31.9 Å². The molecule has 0 saturated carbocycles. The molecule has 3 atom stereocenters. The molecule has 4 nitrogen and oxygen atoms in total. The van der Waals surface area contributed by atoms with Gasteiger partial charge in [0.15, 0.2) is 5.82 Å². The number of nitrogens with one attached hydrogen (secondary N) is 1. The molecule has 2 rings (SSSR count). The van der Waals surface area contributed by atoms with E-state index < -0.39 is 0 Å². The summed E-state index contributed by atoms with van der Waals surface area (Å²) >= 11 is 4.02. The van der Waals surface area contributed by atoms with Gasteiger partial charge in [0.2, 0.25) is 0 Å². The largest absolute Gasteiger partial charge is 0.321 e. The molecule has 0 aliphatic carbocycles. The van der Waals surface area contributed by atoms with Gasteiger partial charge in [-0.3, -0.25) is 5.10 Å². The second-order valence-corrected chi connectivity index (χ2v) is 6.57. The lowest BCUT2D eigenvalue weighted by Crippen LogP contribution is -2.19. The van der Waals surface area contributed by atoms with Crippen LogP contribution in [0.3, 0.4) is 0 Å². The third kappa shape index (κ3) is 2.55. The lowest BCUT2D eigenvalue weighted by atomic mass is 10.2. The predicted octanol–water partition coefficient (Wildman–Crippen LogP) is 2.12. The van der Waals surface area contributed by atoms with Crippen molar-refractivity contribution in [3.8, 4) is 0 Å². The van der Waals surface area contributed by atoms with E-state index in [4.69, 9.17) is 5.73 Å². The minimum absolute atomic E-state index is 0.0914. The van der Waals surface area contributed by atoms with Gasteiger partial charge >= 0.3 is 0 Å². The normalized spacial score (nSPS) is 27.9. The summed E-state index contributed by atoms with van der Waals surface area (Å²) in [5, 5.41) is 8.32. The van der Waals surface area contributed by atoms with Crippen molar-refractivity contribution in [2.24, 2.45) is 5.73 Å². The van der Waals surface area contributed by atoms with Crippen molar-refractivity contribution in [3.63, 3.8) is 0 Å². The summed E-state index contributed by atoms with van der Waals surface area (Å²) < 4.78 is 0. The first-order chi connectivity index (χ1) is 7.72. The van der Waals surface area contributed by atoms with Gasteiger partial charge in [-0.25, -0.2) is 4.98 Å². The Balaban J connectivity index is 2.14. The van der Waals surface area contributed by atoms with E-state index in [1.54, 1.807) is 0 Å². The van der Waals surface area contributed by atoms with Crippen LogP contribution in [0.5, 0.6) is 0 Å². The highest BCUT2D eigenvalue weighted by atomic mass is 32.2. The molecule has 1 aromatic rings. The Morgan fingerprint density at radius 2 is 2.25 bits per heavy atom. The van der Waals surface area contributed by atoms with Crippen molar-refractivity contribution in [1.29, 1.82) is 0 Å². The zero-order valence-corrected chi connectivity index (χ0v) is 11.3. The zero-order valence-electron chi connectivity index (χ0n) is 9.64. The smallest absolute Gasteiger partial charge is 0.167 e. The molecule has 16 heavy (non-hydrogen) atoms. The van der Waals surface area contributed by atoms with Gasteiger partial charge in [0.25, 0.3) is 0 Å².